The Morgan fingerprint density at radius 3 is 2.17 bits per heavy atom. The van der Waals surface area contributed by atoms with E-state index in [1.54, 1.807) is 0 Å². The monoisotopic (exact) mass is 435 g/mol. The lowest BCUT2D eigenvalue weighted by atomic mass is 9.85. The number of anilines is 1. The zero-order valence-electron chi connectivity index (χ0n) is 15.6. The van der Waals surface area contributed by atoms with Gasteiger partial charge in [0.1, 0.15) is 54.6 Å². The summed E-state index contributed by atoms with van der Waals surface area (Å²) in [7, 11) is 0. The second-order valence-electron chi connectivity index (χ2n) is 7.24. The Balaban J connectivity index is 2.24. The van der Waals surface area contributed by atoms with E-state index in [2.05, 4.69) is 4.98 Å². The maximum atomic E-state index is 12.7. The van der Waals surface area contributed by atoms with Gasteiger partial charge < -0.3 is 56.1 Å². The van der Waals surface area contributed by atoms with Crippen LogP contribution in [0.3, 0.4) is 0 Å². The fraction of sp³-hybridized carbons (Fsp3) is 0.750. The average molecular weight is 435 g/mol. The third-order valence-electron chi connectivity index (χ3n) is 5.53. The molecule has 10 N–H and O–H groups in total. The Morgan fingerprint density at radius 1 is 1.00 bits per heavy atom. The van der Waals surface area contributed by atoms with Crippen molar-refractivity contribution in [3.63, 3.8) is 0 Å². The summed E-state index contributed by atoms with van der Waals surface area (Å²) in [5.74, 6) is -0.325. The highest BCUT2D eigenvalue weighted by molar-refractivity contribution is 5.36. The number of ether oxygens (including phenoxy) is 2. The van der Waals surface area contributed by atoms with E-state index in [-0.39, 0.29) is 11.4 Å². The summed E-state index contributed by atoms with van der Waals surface area (Å²) in [6.45, 7) is -2.29. The van der Waals surface area contributed by atoms with Gasteiger partial charge in [0, 0.05) is 11.8 Å². The van der Waals surface area contributed by atoms with Gasteiger partial charge in [0.15, 0.2) is 0 Å². The van der Waals surface area contributed by atoms with Crippen LogP contribution >= 0.6 is 0 Å². The van der Waals surface area contributed by atoms with E-state index in [1.807, 2.05) is 0 Å². The molecule has 170 valence electrons. The molecule has 3 heterocycles. The van der Waals surface area contributed by atoms with E-state index < -0.39 is 80.1 Å². The third-order valence-corrected chi connectivity index (χ3v) is 5.53. The van der Waals surface area contributed by atoms with Gasteiger partial charge in [-0.2, -0.15) is 4.98 Å². The summed E-state index contributed by atoms with van der Waals surface area (Å²) < 4.78 is 11.7. The second-order valence-corrected chi connectivity index (χ2v) is 7.24. The normalized spacial score (nSPS) is 41.9. The molecule has 0 saturated carbocycles. The molecule has 0 spiro atoms. The molecule has 1 aromatic rings. The fourth-order valence-corrected chi connectivity index (χ4v) is 3.87. The maximum Gasteiger partial charge on any atom is 0.352 e. The minimum absolute atomic E-state index is 0.0729. The van der Waals surface area contributed by atoms with Gasteiger partial charge in [0.25, 0.3) is 0 Å². The van der Waals surface area contributed by atoms with Gasteiger partial charge in [-0.25, -0.2) is 4.79 Å². The van der Waals surface area contributed by atoms with Gasteiger partial charge in [-0.15, -0.1) is 0 Å². The number of nitrogens with zero attached hydrogens (tertiary/aromatic N) is 2. The molecule has 0 radical (unpaired) electrons. The van der Waals surface area contributed by atoms with Crippen LogP contribution in [0.25, 0.3) is 0 Å². The van der Waals surface area contributed by atoms with Crippen LogP contribution in [-0.2, 0) is 21.8 Å². The lowest BCUT2D eigenvalue weighted by Crippen LogP contribution is -2.69. The number of aliphatic hydroxyl groups excluding tert-OH is 8. The maximum absolute atomic E-state index is 12.7. The van der Waals surface area contributed by atoms with Gasteiger partial charge >= 0.3 is 5.69 Å². The van der Waals surface area contributed by atoms with Crippen LogP contribution < -0.4 is 11.4 Å². The summed E-state index contributed by atoms with van der Waals surface area (Å²) >= 11 is 0. The first-order valence-electron chi connectivity index (χ1n) is 9.08. The first kappa shape index (κ1) is 23.0. The molecule has 30 heavy (non-hydrogen) atoms. The number of nitrogens with two attached hydrogens (primary N) is 1. The molecule has 14 nitrogen and oxygen atoms in total. The first-order chi connectivity index (χ1) is 14.1. The highest BCUT2D eigenvalue weighted by Gasteiger charge is 2.65. The Labute approximate surface area is 169 Å². The number of hydrogen-bond acceptors (Lipinski definition) is 13. The number of aromatic nitrogens is 2. The van der Waals surface area contributed by atoms with Gasteiger partial charge in [0.05, 0.1) is 19.8 Å². The molecule has 2 aliphatic rings. The van der Waals surface area contributed by atoms with Crippen LogP contribution in [0.2, 0.25) is 0 Å². The van der Waals surface area contributed by atoms with Crippen LogP contribution in [-0.4, -0.2) is 112 Å². The number of hydrogen-bond donors (Lipinski definition) is 9. The zero-order chi connectivity index (χ0) is 22.4. The van der Waals surface area contributed by atoms with Crippen molar-refractivity contribution in [1.82, 2.24) is 9.55 Å². The fourth-order valence-electron chi connectivity index (χ4n) is 3.87. The van der Waals surface area contributed by atoms with Crippen LogP contribution in [0.5, 0.6) is 0 Å². The van der Waals surface area contributed by atoms with Crippen LogP contribution in [0, 0.1) is 0 Å². The SMILES string of the molecule is Nc1nc(=O)n([C@]2([C@@H]3O[C@H](CO)[C@@H](O)[C@H](O)[C@H]3O)O[C@H](CO)[C@@H](O)[C@H]2O)cc1CO. The number of rotatable bonds is 5. The largest absolute Gasteiger partial charge is 0.394 e. The van der Waals surface area contributed by atoms with Crippen molar-refractivity contribution in [2.45, 2.75) is 61.2 Å². The Kier molecular flexibility index (Phi) is 6.45. The van der Waals surface area contributed by atoms with E-state index >= 15 is 0 Å². The minimum Gasteiger partial charge on any atom is -0.394 e. The van der Waals surface area contributed by atoms with E-state index in [0.717, 1.165) is 6.20 Å². The van der Waals surface area contributed by atoms with Crippen molar-refractivity contribution >= 4 is 5.82 Å². The standard InChI is InChI=1S/C16H25N3O11/c17-14-5(2-20)1-19(15(28)18-14)16(12(27)9(24)7(4-22)30-16)13-11(26)10(25)8(23)6(3-21)29-13/h1,6-13,20-27H,2-4H2,(H2,17,18,28)/t6-,7-,8-,9-,10+,11-,12-,13-,16+/m1/s1. The average Bonchev–Trinajstić information content (AvgIpc) is 2.98. The molecule has 9 atom stereocenters. The van der Waals surface area contributed by atoms with Gasteiger partial charge in [0.2, 0.25) is 5.72 Å². The van der Waals surface area contributed by atoms with Crippen LogP contribution in [0.15, 0.2) is 11.0 Å². The zero-order valence-corrected chi connectivity index (χ0v) is 15.6. The molecular weight excluding hydrogens is 410 g/mol. The Bertz CT molecular complexity index is 820. The van der Waals surface area contributed by atoms with E-state index in [0.29, 0.717) is 4.57 Å². The van der Waals surface area contributed by atoms with Gasteiger partial charge in [-0.05, 0) is 0 Å². The van der Waals surface area contributed by atoms with Crippen molar-refractivity contribution in [1.29, 1.82) is 0 Å². The van der Waals surface area contributed by atoms with Crippen LogP contribution in [0.4, 0.5) is 5.82 Å². The van der Waals surface area contributed by atoms with E-state index in [4.69, 9.17) is 15.2 Å². The van der Waals surface area contributed by atoms with Crippen LogP contribution in [0.1, 0.15) is 5.56 Å². The molecule has 1 aromatic heterocycles. The van der Waals surface area contributed by atoms with E-state index in [1.165, 1.54) is 0 Å². The molecule has 0 aliphatic carbocycles. The van der Waals surface area contributed by atoms with Crippen molar-refractivity contribution < 1.29 is 50.3 Å². The van der Waals surface area contributed by atoms with Crippen molar-refractivity contribution in [3.8, 4) is 0 Å². The topological polar surface area (TPSA) is 241 Å². The summed E-state index contributed by atoms with van der Waals surface area (Å²) in [6, 6.07) is 0. The van der Waals surface area contributed by atoms with Crippen molar-refractivity contribution in [3.05, 3.63) is 22.2 Å². The highest BCUT2D eigenvalue weighted by Crippen LogP contribution is 2.43. The van der Waals surface area contributed by atoms with Crippen molar-refractivity contribution in [2.24, 2.45) is 0 Å². The number of aliphatic hydroxyl groups is 8. The first-order valence-corrected chi connectivity index (χ1v) is 9.08. The third kappa shape index (κ3) is 3.31. The van der Waals surface area contributed by atoms with E-state index in [9.17, 15) is 45.6 Å². The quantitative estimate of drug-likeness (QED) is 0.209. The summed E-state index contributed by atoms with van der Waals surface area (Å²) in [5.41, 5.74) is 1.89. The predicted molar refractivity (Wildman–Crippen MR) is 94.5 cm³/mol. The molecule has 2 saturated heterocycles. The summed E-state index contributed by atoms with van der Waals surface area (Å²) in [4.78, 5) is 16.2. The molecule has 0 bridgehead atoms. The lowest BCUT2D eigenvalue weighted by molar-refractivity contribution is -0.310. The molecule has 2 fully saturated rings. The highest BCUT2D eigenvalue weighted by atomic mass is 16.6. The number of nitrogen functional groups attached to an aromatic ring is 1. The lowest BCUT2D eigenvalue weighted by Gasteiger charge is -2.48. The summed E-state index contributed by atoms with van der Waals surface area (Å²) in [5, 5.41) is 80.4. The summed E-state index contributed by atoms with van der Waals surface area (Å²) in [6.07, 6.45) is -13.2. The van der Waals surface area contributed by atoms with Gasteiger partial charge in [-0.3, -0.25) is 4.57 Å². The Morgan fingerprint density at radius 2 is 1.63 bits per heavy atom. The minimum atomic E-state index is -2.48. The molecule has 0 unspecified atom stereocenters. The molecule has 2 aliphatic heterocycles. The molecule has 14 heteroatoms. The molecule has 3 rings (SSSR count). The molecule has 0 amide bonds. The Hall–Kier alpha value is -1.72. The molecule has 0 aromatic carbocycles. The second kappa shape index (κ2) is 8.43. The van der Waals surface area contributed by atoms with Crippen molar-refractivity contribution in [2.75, 3.05) is 18.9 Å². The van der Waals surface area contributed by atoms with Gasteiger partial charge in [-0.1, -0.05) is 0 Å². The predicted octanol–water partition coefficient (Wildman–Crippen LogP) is -6.07. The molecular formula is C16H25N3O11. The smallest absolute Gasteiger partial charge is 0.352 e.